The number of hydrogen-bond donors (Lipinski definition) is 0. The lowest BCUT2D eigenvalue weighted by molar-refractivity contribution is -0.122. The van der Waals surface area contributed by atoms with Gasteiger partial charge in [0.2, 0.25) is 0 Å². The third-order valence-corrected chi connectivity index (χ3v) is 5.06. The molecule has 2 nitrogen and oxygen atoms in total. The van der Waals surface area contributed by atoms with Gasteiger partial charge in [-0.25, -0.2) is 0 Å². The maximum atomic E-state index is 11.6. The van der Waals surface area contributed by atoms with Gasteiger partial charge < -0.3 is 0 Å². The second-order valence-electron chi connectivity index (χ2n) is 4.53. The Morgan fingerprint density at radius 1 is 1.36 bits per heavy atom. The molecule has 0 radical (unpaired) electrons. The monoisotopic (exact) mass is 213 g/mol. The van der Waals surface area contributed by atoms with E-state index in [1.165, 1.54) is 31.4 Å². The van der Waals surface area contributed by atoms with Crippen LogP contribution in [0.1, 0.15) is 32.6 Å². The van der Waals surface area contributed by atoms with E-state index in [1.807, 2.05) is 11.8 Å². The van der Waals surface area contributed by atoms with Crippen LogP contribution in [0, 0.1) is 0 Å². The fraction of sp³-hybridized carbons (Fsp3) is 0.909. The summed E-state index contributed by atoms with van der Waals surface area (Å²) >= 11 is 2.02. The molecule has 80 valence electrons. The first kappa shape index (κ1) is 10.5. The molecule has 3 heterocycles. The molecule has 0 aromatic carbocycles. The van der Waals surface area contributed by atoms with Gasteiger partial charge in [-0.2, -0.15) is 11.8 Å². The minimum atomic E-state index is 0.194. The minimum Gasteiger partial charge on any atom is -0.298 e. The Labute approximate surface area is 90.4 Å². The average Bonchev–Trinajstić information content (AvgIpc) is 2.06. The van der Waals surface area contributed by atoms with E-state index < -0.39 is 0 Å². The molecule has 2 bridgehead atoms. The van der Waals surface area contributed by atoms with Crippen LogP contribution in [-0.4, -0.2) is 40.8 Å². The van der Waals surface area contributed by atoms with Crippen molar-refractivity contribution in [2.45, 2.75) is 49.9 Å². The number of Topliss-reactive ketones (excluding diaryl/α,β-unsaturated/α-hetero) is 1. The fourth-order valence-corrected chi connectivity index (χ4v) is 4.51. The van der Waals surface area contributed by atoms with Crippen LogP contribution in [-0.2, 0) is 4.79 Å². The van der Waals surface area contributed by atoms with E-state index in [9.17, 15) is 4.79 Å². The van der Waals surface area contributed by atoms with E-state index >= 15 is 0 Å². The molecule has 0 amide bonds. The number of carbonyl (C=O) groups is 1. The summed E-state index contributed by atoms with van der Waals surface area (Å²) in [6.45, 7) is 1.75. The molecule has 3 unspecified atom stereocenters. The zero-order valence-electron chi connectivity index (χ0n) is 9.03. The van der Waals surface area contributed by atoms with Gasteiger partial charge in [-0.15, -0.1) is 0 Å². The molecule has 0 N–H and O–H groups in total. The van der Waals surface area contributed by atoms with Crippen molar-refractivity contribution in [1.82, 2.24) is 4.90 Å². The highest BCUT2D eigenvalue weighted by Crippen LogP contribution is 2.36. The summed E-state index contributed by atoms with van der Waals surface area (Å²) in [5.74, 6) is 1.59. The van der Waals surface area contributed by atoms with Gasteiger partial charge in [0.15, 0.2) is 0 Å². The molecule has 14 heavy (non-hydrogen) atoms. The number of hydrogen-bond acceptors (Lipinski definition) is 3. The SMILES string of the molecule is CC(=O)C1C2CCCCC(CS2)N1C. The largest absolute Gasteiger partial charge is 0.298 e. The summed E-state index contributed by atoms with van der Waals surface area (Å²) in [5.41, 5.74) is 0. The van der Waals surface area contributed by atoms with E-state index in [1.54, 1.807) is 6.92 Å². The molecule has 3 aliphatic rings. The predicted molar refractivity (Wildman–Crippen MR) is 60.7 cm³/mol. The van der Waals surface area contributed by atoms with Crippen molar-refractivity contribution >= 4 is 17.5 Å². The zero-order valence-corrected chi connectivity index (χ0v) is 9.85. The van der Waals surface area contributed by atoms with Crippen molar-refractivity contribution in [3.8, 4) is 0 Å². The van der Waals surface area contributed by atoms with E-state index in [-0.39, 0.29) is 6.04 Å². The smallest absolute Gasteiger partial charge is 0.148 e. The van der Waals surface area contributed by atoms with Crippen LogP contribution in [0.2, 0.25) is 0 Å². The van der Waals surface area contributed by atoms with Gasteiger partial charge in [0.25, 0.3) is 0 Å². The Balaban J connectivity index is 2.18. The van der Waals surface area contributed by atoms with Crippen LogP contribution < -0.4 is 0 Å². The first-order chi connectivity index (χ1) is 6.70. The van der Waals surface area contributed by atoms with Crippen molar-refractivity contribution in [3.05, 3.63) is 0 Å². The number of nitrogens with zero attached hydrogens (tertiary/aromatic N) is 1. The molecule has 0 aliphatic carbocycles. The molecule has 3 aliphatic heterocycles. The molecule has 0 spiro atoms. The van der Waals surface area contributed by atoms with Crippen molar-refractivity contribution in [3.63, 3.8) is 0 Å². The quantitative estimate of drug-likeness (QED) is 0.664. The Hall–Kier alpha value is -0.0200. The molecule has 0 aromatic heterocycles. The highest BCUT2D eigenvalue weighted by atomic mass is 32.2. The number of rotatable bonds is 1. The fourth-order valence-electron chi connectivity index (χ4n) is 2.73. The molecule has 3 heteroatoms. The van der Waals surface area contributed by atoms with Gasteiger partial charge in [-0.1, -0.05) is 12.8 Å². The summed E-state index contributed by atoms with van der Waals surface area (Å²) in [6, 6.07) is 0.837. The number of fused-ring (bicyclic) bond motifs is 5. The minimum absolute atomic E-state index is 0.194. The van der Waals surface area contributed by atoms with E-state index in [2.05, 4.69) is 11.9 Å². The molecule has 3 rings (SSSR count). The van der Waals surface area contributed by atoms with E-state index in [0.29, 0.717) is 17.1 Å². The lowest BCUT2D eigenvalue weighted by Gasteiger charge is -2.44. The van der Waals surface area contributed by atoms with Crippen molar-refractivity contribution in [2.24, 2.45) is 0 Å². The van der Waals surface area contributed by atoms with Gasteiger partial charge in [-0.05, 0) is 26.8 Å². The third kappa shape index (κ3) is 1.84. The highest BCUT2D eigenvalue weighted by molar-refractivity contribution is 8.00. The van der Waals surface area contributed by atoms with Gasteiger partial charge in [0, 0.05) is 17.0 Å². The van der Waals surface area contributed by atoms with Crippen LogP contribution in [0.25, 0.3) is 0 Å². The lowest BCUT2D eigenvalue weighted by Crippen LogP contribution is -2.55. The molecule has 3 fully saturated rings. The first-order valence-corrected chi connectivity index (χ1v) is 6.59. The standard InChI is InChI=1S/C11H19NOS/c1-8(13)11-10-6-4-3-5-9(7-14-10)12(11)2/h9-11H,3-7H2,1-2H3. The van der Waals surface area contributed by atoms with Gasteiger partial charge in [-0.3, -0.25) is 9.69 Å². The normalized spacial score (nSPS) is 39.1. The van der Waals surface area contributed by atoms with Gasteiger partial charge in [0.1, 0.15) is 5.78 Å². The summed E-state index contributed by atoms with van der Waals surface area (Å²) in [6.07, 6.45) is 5.16. The molecule has 0 saturated carbocycles. The number of ketones is 1. The number of thioether (sulfide) groups is 1. The predicted octanol–water partition coefficient (Wildman–Crippen LogP) is 1.93. The van der Waals surface area contributed by atoms with Gasteiger partial charge >= 0.3 is 0 Å². The summed E-state index contributed by atoms with van der Waals surface area (Å²) in [7, 11) is 2.13. The van der Waals surface area contributed by atoms with Crippen LogP contribution >= 0.6 is 11.8 Å². The Kier molecular flexibility index (Phi) is 3.17. The van der Waals surface area contributed by atoms with Gasteiger partial charge in [0.05, 0.1) is 6.04 Å². The Morgan fingerprint density at radius 3 is 2.79 bits per heavy atom. The molecule has 3 saturated heterocycles. The number of likely N-dealkylation sites (N-methyl/N-ethyl adjacent to an activating group) is 1. The third-order valence-electron chi connectivity index (χ3n) is 3.56. The highest BCUT2D eigenvalue weighted by Gasteiger charge is 2.38. The second kappa shape index (κ2) is 4.23. The number of carbonyl (C=O) groups excluding carboxylic acids is 1. The molecular formula is C11H19NOS. The summed E-state index contributed by atoms with van der Waals surface area (Å²) in [5, 5.41) is 0.564. The van der Waals surface area contributed by atoms with Crippen molar-refractivity contribution in [2.75, 3.05) is 12.8 Å². The molecular weight excluding hydrogens is 194 g/mol. The second-order valence-corrected chi connectivity index (χ2v) is 5.80. The van der Waals surface area contributed by atoms with Crippen LogP contribution in [0.3, 0.4) is 0 Å². The topological polar surface area (TPSA) is 20.3 Å². The summed E-state index contributed by atoms with van der Waals surface area (Å²) in [4.78, 5) is 13.9. The maximum Gasteiger partial charge on any atom is 0.148 e. The van der Waals surface area contributed by atoms with E-state index in [0.717, 1.165) is 0 Å². The van der Waals surface area contributed by atoms with Crippen LogP contribution in [0.15, 0.2) is 0 Å². The average molecular weight is 213 g/mol. The van der Waals surface area contributed by atoms with E-state index in [4.69, 9.17) is 0 Å². The Morgan fingerprint density at radius 2 is 2.07 bits per heavy atom. The van der Waals surface area contributed by atoms with Crippen LogP contribution in [0.5, 0.6) is 0 Å². The van der Waals surface area contributed by atoms with Crippen molar-refractivity contribution < 1.29 is 4.79 Å². The summed E-state index contributed by atoms with van der Waals surface area (Å²) < 4.78 is 0. The molecule has 3 atom stereocenters. The Bertz CT molecular complexity index is 225. The molecule has 0 aromatic rings. The maximum absolute atomic E-state index is 11.6. The first-order valence-electron chi connectivity index (χ1n) is 5.54. The lowest BCUT2D eigenvalue weighted by atomic mass is 9.95. The zero-order chi connectivity index (χ0) is 10.1. The van der Waals surface area contributed by atoms with Crippen LogP contribution in [0.4, 0.5) is 0 Å². The van der Waals surface area contributed by atoms with Crippen molar-refractivity contribution in [1.29, 1.82) is 0 Å².